The molecule has 1 unspecified atom stereocenters. The number of amides is 2. The molecule has 0 aromatic heterocycles. The number of nitriles is 1. The van der Waals surface area contributed by atoms with Crippen LogP contribution < -0.4 is 10.1 Å². The summed E-state index contributed by atoms with van der Waals surface area (Å²) in [4.78, 5) is 28.0. The topological polar surface area (TPSA) is 123 Å². The Morgan fingerprint density at radius 1 is 1.13 bits per heavy atom. The number of piperidine rings is 1. The zero-order valence-corrected chi connectivity index (χ0v) is 21.7. The first-order valence-corrected chi connectivity index (χ1v) is 13.9. The van der Waals surface area contributed by atoms with Crippen molar-refractivity contribution in [2.24, 2.45) is 11.8 Å². The summed E-state index contributed by atoms with van der Waals surface area (Å²) in [6, 6.07) is 3.58. The van der Waals surface area contributed by atoms with Crippen molar-refractivity contribution in [2.75, 3.05) is 32.7 Å². The van der Waals surface area contributed by atoms with E-state index in [1.165, 1.54) is 19.6 Å². The fourth-order valence-corrected chi connectivity index (χ4v) is 7.01. The number of nitrogens with zero attached hydrogens (tertiary/aromatic N) is 4. The third-order valence-corrected chi connectivity index (χ3v) is 9.21. The lowest BCUT2D eigenvalue weighted by atomic mass is 9.97. The lowest BCUT2D eigenvalue weighted by Crippen LogP contribution is -2.57. The molecule has 2 amide bonds. The maximum atomic E-state index is 13.6. The number of hydrogen-bond acceptors (Lipinski definition) is 6. The molecule has 14 heteroatoms. The molecule has 1 N–H and O–H groups in total. The first-order valence-electron chi connectivity index (χ1n) is 12.5. The minimum atomic E-state index is -3.78. The van der Waals surface area contributed by atoms with E-state index >= 15 is 0 Å². The molecular weight excluding hydrogens is 527 g/mol. The number of likely N-dealkylation sites (tertiary alicyclic amines) is 1. The van der Waals surface area contributed by atoms with Crippen molar-refractivity contribution < 1.29 is 35.9 Å². The van der Waals surface area contributed by atoms with Crippen LogP contribution in [0, 0.1) is 29.0 Å². The van der Waals surface area contributed by atoms with Gasteiger partial charge in [0, 0.05) is 44.4 Å². The molecule has 10 nitrogen and oxygen atoms in total. The Kier molecular flexibility index (Phi) is 8.49. The molecule has 1 aromatic carbocycles. The van der Waals surface area contributed by atoms with E-state index in [2.05, 4.69) is 10.1 Å². The van der Waals surface area contributed by atoms with Gasteiger partial charge in [0.1, 0.15) is 17.6 Å². The summed E-state index contributed by atoms with van der Waals surface area (Å²) in [7, 11) is -3.78. The zero-order valence-electron chi connectivity index (χ0n) is 20.9. The van der Waals surface area contributed by atoms with Crippen molar-refractivity contribution in [3.63, 3.8) is 0 Å². The summed E-state index contributed by atoms with van der Waals surface area (Å²) in [6.07, 6.45) is 1.94. The van der Waals surface area contributed by atoms with Crippen LogP contribution in [0.5, 0.6) is 5.75 Å². The third kappa shape index (κ3) is 5.89. The van der Waals surface area contributed by atoms with Gasteiger partial charge in [0.25, 0.3) is 10.2 Å². The molecule has 1 aromatic rings. The van der Waals surface area contributed by atoms with Gasteiger partial charge in [0.2, 0.25) is 11.8 Å². The Labute approximate surface area is 219 Å². The molecule has 0 saturated carbocycles. The highest BCUT2D eigenvalue weighted by molar-refractivity contribution is 7.86. The van der Waals surface area contributed by atoms with Crippen molar-refractivity contribution in [2.45, 2.75) is 51.3 Å². The number of carbonyl (C=O) groups excluding carboxylic acids is 2. The lowest BCUT2D eigenvalue weighted by molar-refractivity contribution is -0.142. The minimum Gasteiger partial charge on any atom is -0.434 e. The Balaban J connectivity index is 1.40. The van der Waals surface area contributed by atoms with E-state index in [-0.39, 0.29) is 49.3 Å². The normalized spacial score (nSPS) is 24.1. The van der Waals surface area contributed by atoms with Crippen LogP contribution in [-0.4, -0.2) is 79.1 Å². The standard InChI is InChI=1S/C24H30F3N5O5S/c1-15(19-7-6-18(25)10-21(19)37-24(26)27)29-22(33)20-5-3-9-32(20)23(34)17-4-2-8-30(14-17)38(35,36)31-12-16(11-28)13-31/h6-7,10,15-17,20,24H,2-5,8-9,12-14H2,1H3,(H,29,33)/t15-,17+,20?/m1/s1. The second-order valence-corrected chi connectivity index (χ2v) is 11.8. The van der Waals surface area contributed by atoms with Crippen molar-refractivity contribution in [1.82, 2.24) is 18.8 Å². The van der Waals surface area contributed by atoms with E-state index in [4.69, 9.17) is 5.26 Å². The number of carbonyl (C=O) groups is 2. The van der Waals surface area contributed by atoms with Gasteiger partial charge >= 0.3 is 6.61 Å². The largest absolute Gasteiger partial charge is 0.434 e. The van der Waals surface area contributed by atoms with Gasteiger partial charge in [-0.1, -0.05) is 6.07 Å². The van der Waals surface area contributed by atoms with Gasteiger partial charge in [-0.2, -0.15) is 31.1 Å². The molecule has 0 radical (unpaired) electrons. The van der Waals surface area contributed by atoms with E-state index in [1.54, 1.807) is 6.92 Å². The molecule has 0 spiro atoms. The molecule has 0 bridgehead atoms. The highest BCUT2D eigenvalue weighted by atomic mass is 32.2. The predicted octanol–water partition coefficient (Wildman–Crippen LogP) is 2.01. The van der Waals surface area contributed by atoms with Crippen LogP contribution in [0.2, 0.25) is 0 Å². The molecule has 3 fully saturated rings. The number of ether oxygens (including phenoxy) is 1. The SMILES string of the molecule is C[C@@H](NC(=O)C1CCCN1C(=O)[C@H]1CCCN(S(=O)(=O)N2CC(C#N)C2)C1)c1ccc(F)cc1OC(F)F. The number of benzene rings is 1. The van der Waals surface area contributed by atoms with Gasteiger partial charge in [0.05, 0.1) is 23.9 Å². The summed E-state index contributed by atoms with van der Waals surface area (Å²) >= 11 is 0. The second kappa shape index (κ2) is 11.5. The lowest BCUT2D eigenvalue weighted by Gasteiger charge is -2.41. The molecule has 3 heterocycles. The molecule has 0 aliphatic carbocycles. The zero-order chi connectivity index (χ0) is 27.6. The summed E-state index contributed by atoms with van der Waals surface area (Å²) in [5.41, 5.74) is 0.161. The van der Waals surface area contributed by atoms with Gasteiger partial charge < -0.3 is 15.0 Å². The van der Waals surface area contributed by atoms with E-state index < -0.39 is 46.5 Å². The van der Waals surface area contributed by atoms with Crippen molar-refractivity contribution in [3.8, 4) is 11.8 Å². The first-order chi connectivity index (χ1) is 18.0. The van der Waals surface area contributed by atoms with E-state index in [9.17, 15) is 31.2 Å². The monoisotopic (exact) mass is 557 g/mol. The third-order valence-electron chi connectivity index (χ3n) is 7.27. The van der Waals surface area contributed by atoms with Crippen LogP contribution in [0.4, 0.5) is 13.2 Å². The minimum absolute atomic E-state index is 0.0000349. The quantitative estimate of drug-likeness (QED) is 0.522. The summed E-state index contributed by atoms with van der Waals surface area (Å²) in [5, 5.41) is 11.7. The van der Waals surface area contributed by atoms with Crippen LogP contribution in [0.15, 0.2) is 18.2 Å². The number of nitrogens with one attached hydrogen (secondary N) is 1. The average molecular weight is 558 g/mol. The summed E-state index contributed by atoms with van der Waals surface area (Å²) < 4.78 is 72.0. The van der Waals surface area contributed by atoms with Crippen molar-refractivity contribution in [1.29, 1.82) is 5.26 Å². The highest BCUT2D eigenvalue weighted by Crippen LogP contribution is 2.31. The summed E-state index contributed by atoms with van der Waals surface area (Å²) in [6.45, 7) is -0.740. The van der Waals surface area contributed by atoms with Crippen LogP contribution in [-0.2, 0) is 19.8 Å². The van der Waals surface area contributed by atoms with Crippen LogP contribution in [0.25, 0.3) is 0 Å². The van der Waals surface area contributed by atoms with E-state index in [0.717, 1.165) is 12.1 Å². The van der Waals surface area contributed by atoms with Gasteiger partial charge in [-0.05, 0) is 38.7 Å². The average Bonchev–Trinajstić information content (AvgIpc) is 3.32. The van der Waals surface area contributed by atoms with Gasteiger partial charge in [-0.15, -0.1) is 0 Å². The number of alkyl halides is 2. The molecule has 3 atom stereocenters. The second-order valence-electron chi connectivity index (χ2n) is 9.83. The van der Waals surface area contributed by atoms with Gasteiger partial charge in [-0.3, -0.25) is 9.59 Å². The molecule has 38 heavy (non-hydrogen) atoms. The smallest absolute Gasteiger partial charge is 0.387 e. The molecule has 3 saturated heterocycles. The van der Waals surface area contributed by atoms with Crippen molar-refractivity contribution in [3.05, 3.63) is 29.6 Å². The van der Waals surface area contributed by atoms with Gasteiger partial charge in [0.15, 0.2) is 0 Å². The van der Waals surface area contributed by atoms with E-state index in [1.807, 2.05) is 6.07 Å². The number of hydrogen-bond donors (Lipinski definition) is 1. The van der Waals surface area contributed by atoms with Crippen molar-refractivity contribution >= 4 is 22.0 Å². The van der Waals surface area contributed by atoms with Crippen LogP contribution >= 0.6 is 0 Å². The number of rotatable bonds is 8. The fraction of sp³-hybridized carbons (Fsp3) is 0.625. The Hall–Kier alpha value is -2.89. The Bertz CT molecular complexity index is 1200. The van der Waals surface area contributed by atoms with Crippen LogP contribution in [0.1, 0.15) is 44.2 Å². The maximum absolute atomic E-state index is 13.6. The summed E-state index contributed by atoms with van der Waals surface area (Å²) in [5.74, 6) is -2.89. The molecule has 208 valence electrons. The fourth-order valence-electron chi connectivity index (χ4n) is 5.21. The maximum Gasteiger partial charge on any atom is 0.387 e. The van der Waals surface area contributed by atoms with E-state index in [0.29, 0.717) is 32.2 Å². The number of halogens is 3. The first kappa shape index (κ1) is 28.1. The molecule has 3 aliphatic rings. The van der Waals surface area contributed by atoms with Crippen LogP contribution in [0.3, 0.4) is 0 Å². The molecule has 4 rings (SSSR count). The molecule has 3 aliphatic heterocycles. The van der Waals surface area contributed by atoms with Gasteiger partial charge in [-0.25, -0.2) is 4.39 Å². The predicted molar refractivity (Wildman–Crippen MR) is 128 cm³/mol. The Morgan fingerprint density at radius 3 is 2.53 bits per heavy atom. The highest BCUT2D eigenvalue weighted by Gasteiger charge is 2.44. The Morgan fingerprint density at radius 2 is 1.84 bits per heavy atom. The molecular formula is C24H30F3N5O5S.